The standard InChI is InChI=1S/C14H14N2O/c17-13-8-4-7-12-11(13)9-15-14(16-12)10-5-2-1-3-6-10/h1-3,5-6,9,13,17H,4,7-8H2. The fourth-order valence-corrected chi connectivity index (χ4v) is 2.25. The van der Waals surface area contributed by atoms with Crippen LogP contribution in [0.25, 0.3) is 11.4 Å². The lowest BCUT2D eigenvalue weighted by Crippen LogP contribution is -2.12. The third-order valence-electron chi connectivity index (χ3n) is 3.18. The number of aromatic nitrogens is 2. The SMILES string of the molecule is OC1CCCc2nc(-c3ccccc3)ncc21. The summed E-state index contributed by atoms with van der Waals surface area (Å²) < 4.78 is 0. The second kappa shape index (κ2) is 4.26. The van der Waals surface area contributed by atoms with Gasteiger partial charge >= 0.3 is 0 Å². The molecule has 17 heavy (non-hydrogen) atoms. The zero-order chi connectivity index (χ0) is 11.7. The maximum Gasteiger partial charge on any atom is 0.159 e. The van der Waals surface area contributed by atoms with E-state index in [-0.39, 0.29) is 6.10 Å². The molecule has 1 aliphatic carbocycles. The average Bonchev–Trinajstić information content (AvgIpc) is 2.40. The predicted molar refractivity (Wildman–Crippen MR) is 65.4 cm³/mol. The Morgan fingerprint density at radius 1 is 1.18 bits per heavy atom. The molecule has 1 unspecified atom stereocenters. The van der Waals surface area contributed by atoms with Gasteiger partial charge in [-0.2, -0.15) is 0 Å². The summed E-state index contributed by atoms with van der Waals surface area (Å²) in [6.45, 7) is 0. The second-order valence-electron chi connectivity index (χ2n) is 4.37. The van der Waals surface area contributed by atoms with E-state index in [9.17, 15) is 5.11 Å². The Morgan fingerprint density at radius 2 is 2.00 bits per heavy atom. The normalized spacial score (nSPS) is 18.8. The Hall–Kier alpha value is -1.74. The van der Waals surface area contributed by atoms with Crippen LogP contribution in [-0.2, 0) is 6.42 Å². The third kappa shape index (κ3) is 1.94. The van der Waals surface area contributed by atoms with Crippen molar-refractivity contribution in [1.29, 1.82) is 0 Å². The molecule has 2 aromatic rings. The second-order valence-corrected chi connectivity index (χ2v) is 4.37. The molecule has 1 aromatic heterocycles. The van der Waals surface area contributed by atoms with Gasteiger partial charge in [-0.3, -0.25) is 0 Å². The fourth-order valence-electron chi connectivity index (χ4n) is 2.25. The van der Waals surface area contributed by atoms with Gasteiger partial charge in [0.1, 0.15) is 0 Å². The molecule has 0 fully saturated rings. The molecule has 3 heteroatoms. The minimum atomic E-state index is -0.386. The van der Waals surface area contributed by atoms with Crippen molar-refractivity contribution >= 4 is 0 Å². The van der Waals surface area contributed by atoms with Crippen molar-refractivity contribution in [3.8, 4) is 11.4 Å². The summed E-state index contributed by atoms with van der Waals surface area (Å²) in [5.41, 5.74) is 2.92. The number of rotatable bonds is 1. The number of aryl methyl sites for hydroxylation is 1. The van der Waals surface area contributed by atoms with Gasteiger partial charge < -0.3 is 5.11 Å². The van der Waals surface area contributed by atoms with Crippen LogP contribution in [0.15, 0.2) is 36.5 Å². The molecule has 0 spiro atoms. The maximum atomic E-state index is 9.84. The van der Waals surface area contributed by atoms with Gasteiger partial charge in [-0.15, -0.1) is 0 Å². The van der Waals surface area contributed by atoms with Crippen LogP contribution < -0.4 is 0 Å². The van der Waals surface area contributed by atoms with E-state index in [0.717, 1.165) is 41.9 Å². The summed E-state index contributed by atoms with van der Waals surface area (Å²) in [4.78, 5) is 8.90. The van der Waals surface area contributed by atoms with E-state index in [1.165, 1.54) is 0 Å². The lowest BCUT2D eigenvalue weighted by Gasteiger charge is -2.20. The number of aliphatic hydroxyl groups excluding tert-OH is 1. The van der Waals surface area contributed by atoms with Gasteiger partial charge in [-0.25, -0.2) is 9.97 Å². The van der Waals surface area contributed by atoms with Crippen molar-refractivity contribution in [1.82, 2.24) is 9.97 Å². The van der Waals surface area contributed by atoms with Crippen molar-refractivity contribution in [3.05, 3.63) is 47.8 Å². The summed E-state index contributed by atoms with van der Waals surface area (Å²) in [7, 11) is 0. The van der Waals surface area contributed by atoms with Gasteiger partial charge in [0, 0.05) is 17.3 Å². The molecule has 0 bridgehead atoms. The zero-order valence-corrected chi connectivity index (χ0v) is 9.50. The first-order chi connectivity index (χ1) is 8.34. The van der Waals surface area contributed by atoms with Crippen LogP contribution in [0.3, 0.4) is 0 Å². The maximum absolute atomic E-state index is 9.84. The summed E-state index contributed by atoms with van der Waals surface area (Å²) in [5, 5.41) is 9.84. The first kappa shape index (κ1) is 10.4. The molecule has 1 atom stereocenters. The van der Waals surface area contributed by atoms with Gasteiger partial charge in [0.15, 0.2) is 5.82 Å². The Bertz CT molecular complexity index is 525. The molecular formula is C14H14N2O. The highest BCUT2D eigenvalue weighted by Gasteiger charge is 2.20. The number of benzene rings is 1. The fraction of sp³-hybridized carbons (Fsp3) is 0.286. The Labute approximate surface area is 100 Å². The van der Waals surface area contributed by atoms with Gasteiger partial charge in [0.05, 0.1) is 11.8 Å². The van der Waals surface area contributed by atoms with E-state index >= 15 is 0 Å². The van der Waals surface area contributed by atoms with Crippen LogP contribution in [0.4, 0.5) is 0 Å². The summed E-state index contributed by atoms with van der Waals surface area (Å²) in [6, 6.07) is 9.94. The van der Waals surface area contributed by atoms with E-state index in [4.69, 9.17) is 0 Å². The van der Waals surface area contributed by atoms with Crippen molar-refractivity contribution in [2.45, 2.75) is 25.4 Å². The number of nitrogens with zero attached hydrogens (tertiary/aromatic N) is 2. The number of hydrogen-bond donors (Lipinski definition) is 1. The van der Waals surface area contributed by atoms with Gasteiger partial charge in [-0.05, 0) is 19.3 Å². The molecule has 86 valence electrons. The van der Waals surface area contributed by atoms with E-state index in [2.05, 4.69) is 9.97 Å². The van der Waals surface area contributed by atoms with Crippen LogP contribution in [-0.4, -0.2) is 15.1 Å². The molecule has 1 aromatic carbocycles. The molecule has 3 nitrogen and oxygen atoms in total. The minimum Gasteiger partial charge on any atom is -0.388 e. The topological polar surface area (TPSA) is 46.0 Å². The van der Waals surface area contributed by atoms with Crippen LogP contribution in [0.1, 0.15) is 30.2 Å². The van der Waals surface area contributed by atoms with Gasteiger partial charge in [0.25, 0.3) is 0 Å². The third-order valence-corrected chi connectivity index (χ3v) is 3.18. The molecule has 0 saturated carbocycles. The Kier molecular flexibility index (Phi) is 2.61. The molecule has 0 aliphatic heterocycles. The molecule has 1 heterocycles. The Morgan fingerprint density at radius 3 is 2.82 bits per heavy atom. The highest BCUT2D eigenvalue weighted by Crippen LogP contribution is 2.28. The van der Waals surface area contributed by atoms with Crippen molar-refractivity contribution in [2.75, 3.05) is 0 Å². The van der Waals surface area contributed by atoms with Crippen LogP contribution in [0.2, 0.25) is 0 Å². The van der Waals surface area contributed by atoms with Crippen LogP contribution >= 0.6 is 0 Å². The summed E-state index contributed by atoms with van der Waals surface area (Å²) >= 11 is 0. The van der Waals surface area contributed by atoms with Gasteiger partial charge in [-0.1, -0.05) is 30.3 Å². The quantitative estimate of drug-likeness (QED) is 0.812. The molecule has 0 saturated heterocycles. The largest absolute Gasteiger partial charge is 0.388 e. The molecule has 1 aliphatic rings. The van der Waals surface area contributed by atoms with E-state index in [1.807, 2.05) is 30.3 Å². The van der Waals surface area contributed by atoms with Crippen LogP contribution in [0.5, 0.6) is 0 Å². The lowest BCUT2D eigenvalue weighted by atomic mass is 9.94. The molecular weight excluding hydrogens is 212 g/mol. The number of hydrogen-bond acceptors (Lipinski definition) is 3. The molecule has 3 rings (SSSR count). The monoisotopic (exact) mass is 226 g/mol. The predicted octanol–water partition coefficient (Wildman–Crippen LogP) is 2.51. The molecule has 1 N–H and O–H groups in total. The number of fused-ring (bicyclic) bond motifs is 1. The number of aliphatic hydroxyl groups is 1. The van der Waals surface area contributed by atoms with Gasteiger partial charge in [0.2, 0.25) is 0 Å². The smallest absolute Gasteiger partial charge is 0.159 e. The first-order valence-corrected chi connectivity index (χ1v) is 5.94. The minimum absolute atomic E-state index is 0.386. The average molecular weight is 226 g/mol. The zero-order valence-electron chi connectivity index (χ0n) is 9.50. The summed E-state index contributed by atoms with van der Waals surface area (Å²) in [6.07, 6.45) is 4.15. The lowest BCUT2D eigenvalue weighted by molar-refractivity contribution is 0.155. The molecule has 0 amide bonds. The van der Waals surface area contributed by atoms with Crippen LogP contribution in [0, 0.1) is 0 Å². The Balaban J connectivity index is 2.04. The van der Waals surface area contributed by atoms with E-state index < -0.39 is 0 Å². The molecule has 0 radical (unpaired) electrons. The first-order valence-electron chi connectivity index (χ1n) is 5.94. The van der Waals surface area contributed by atoms with Crippen molar-refractivity contribution in [3.63, 3.8) is 0 Å². The highest BCUT2D eigenvalue weighted by atomic mass is 16.3. The van der Waals surface area contributed by atoms with E-state index in [0.29, 0.717) is 0 Å². The highest BCUT2D eigenvalue weighted by molar-refractivity contribution is 5.54. The van der Waals surface area contributed by atoms with Crippen molar-refractivity contribution < 1.29 is 5.11 Å². The summed E-state index contributed by atoms with van der Waals surface area (Å²) in [5.74, 6) is 0.749. The van der Waals surface area contributed by atoms with Crippen molar-refractivity contribution in [2.24, 2.45) is 0 Å². The van der Waals surface area contributed by atoms with E-state index in [1.54, 1.807) is 6.20 Å².